The molecule has 0 aliphatic carbocycles. The number of halogens is 4. The fraction of sp³-hybridized carbons (Fsp3) is 0. The van der Waals surface area contributed by atoms with Crippen molar-refractivity contribution in [3.8, 4) is 11.5 Å². The molecule has 0 aliphatic rings. The van der Waals surface area contributed by atoms with Crippen LogP contribution in [0.1, 0.15) is 0 Å². The van der Waals surface area contributed by atoms with Crippen LogP contribution in [0.3, 0.4) is 0 Å². The third-order valence-corrected chi connectivity index (χ3v) is 3.20. The summed E-state index contributed by atoms with van der Waals surface area (Å²) in [6.07, 6.45) is 0. The molecule has 2 nitrogen and oxygen atoms in total. The number of anilines is 1. The van der Waals surface area contributed by atoms with Gasteiger partial charge in [-0.25, -0.2) is 8.78 Å². The molecule has 0 atom stereocenters. The second kappa shape index (κ2) is 5.12. The number of ether oxygens (including phenoxy) is 1. The molecule has 6 heteroatoms. The minimum atomic E-state index is -0.656. The van der Waals surface area contributed by atoms with Crippen LogP contribution in [0.4, 0.5) is 14.5 Å². The Hall–Kier alpha value is -1.33. The fourth-order valence-corrected chi connectivity index (χ4v) is 1.79. The van der Waals surface area contributed by atoms with Crippen molar-refractivity contribution in [2.24, 2.45) is 0 Å². The smallest absolute Gasteiger partial charge is 0.187 e. The van der Waals surface area contributed by atoms with Crippen LogP contribution in [0.2, 0.25) is 5.02 Å². The van der Waals surface area contributed by atoms with E-state index in [1.807, 2.05) is 0 Å². The highest BCUT2D eigenvalue weighted by atomic mass is 79.9. The molecule has 0 amide bonds. The van der Waals surface area contributed by atoms with Gasteiger partial charge in [0.25, 0.3) is 0 Å². The number of benzene rings is 2. The molecule has 2 aromatic carbocycles. The zero-order chi connectivity index (χ0) is 13.3. The van der Waals surface area contributed by atoms with E-state index in [4.69, 9.17) is 22.1 Å². The lowest BCUT2D eigenvalue weighted by atomic mass is 10.3. The van der Waals surface area contributed by atoms with Gasteiger partial charge in [-0.15, -0.1) is 0 Å². The summed E-state index contributed by atoms with van der Waals surface area (Å²) in [5.41, 5.74) is 5.75. The minimum Gasteiger partial charge on any atom is -0.450 e. The van der Waals surface area contributed by atoms with Crippen LogP contribution < -0.4 is 10.5 Å². The van der Waals surface area contributed by atoms with Crippen LogP contribution in [0.5, 0.6) is 11.5 Å². The van der Waals surface area contributed by atoms with Crippen molar-refractivity contribution in [3.63, 3.8) is 0 Å². The van der Waals surface area contributed by atoms with E-state index in [1.165, 1.54) is 24.3 Å². The molecule has 0 aromatic heterocycles. The summed E-state index contributed by atoms with van der Waals surface area (Å²) >= 11 is 8.97. The second-order valence-corrected chi connectivity index (χ2v) is 4.71. The summed E-state index contributed by atoms with van der Waals surface area (Å²) in [5.74, 6) is -1.39. The number of nitrogen functional groups attached to an aromatic ring is 1. The maximum Gasteiger partial charge on any atom is 0.187 e. The van der Waals surface area contributed by atoms with Crippen LogP contribution in [-0.4, -0.2) is 0 Å². The highest BCUT2D eigenvalue weighted by molar-refractivity contribution is 9.10. The predicted octanol–water partition coefficient (Wildman–Crippen LogP) is 4.76. The van der Waals surface area contributed by atoms with Crippen molar-refractivity contribution in [2.75, 3.05) is 5.73 Å². The monoisotopic (exact) mass is 333 g/mol. The van der Waals surface area contributed by atoms with Gasteiger partial charge in [0.15, 0.2) is 11.6 Å². The molecule has 0 heterocycles. The van der Waals surface area contributed by atoms with Crippen LogP contribution in [0.25, 0.3) is 0 Å². The zero-order valence-corrected chi connectivity index (χ0v) is 11.2. The first kappa shape index (κ1) is 13.1. The first-order chi connectivity index (χ1) is 8.49. The first-order valence-electron chi connectivity index (χ1n) is 4.85. The normalized spacial score (nSPS) is 10.4. The molecule has 18 heavy (non-hydrogen) atoms. The summed E-state index contributed by atoms with van der Waals surface area (Å²) in [5, 5.41) is 0.162. The van der Waals surface area contributed by atoms with Gasteiger partial charge in [0.2, 0.25) is 0 Å². The van der Waals surface area contributed by atoms with Crippen molar-refractivity contribution >= 4 is 33.2 Å². The lowest BCUT2D eigenvalue weighted by Crippen LogP contribution is -1.97. The Morgan fingerprint density at radius 2 is 1.89 bits per heavy atom. The minimum absolute atomic E-state index is 0.000340. The Balaban J connectivity index is 2.46. The molecule has 2 N–H and O–H groups in total. The molecule has 0 bridgehead atoms. The molecular weight excluding hydrogens is 327 g/mol. The highest BCUT2D eigenvalue weighted by Gasteiger charge is 2.14. The van der Waals surface area contributed by atoms with Gasteiger partial charge < -0.3 is 10.5 Å². The van der Waals surface area contributed by atoms with Crippen LogP contribution >= 0.6 is 27.5 Å². The van der Waals surface area contributed by atoms with Gasteiger partial charge in [-0.2, -0.15) is 0 Å². The van der Waals surface area contributed by atoms with Crippen molar-refractivity contribution in [2.45, 2.75) is 0 Å². The SMILES string of the molecule is Nc1c(Br)ccc(F)c1Oc1cc(F)ccc1Cl. The summed E-state index contributed by atoms with van der Waals surface area (Å²) in [7, 11) is 0. The molecule has 0 aliphatic heterocycles. The van der Waals surface area contributed by atoms with Gasteiger partial charge in [0.1, 0.15) is 11.6 Å². The molecule has 2 rings (SSSR count). The molecular formula is C12H7BrClF2NO. The molecule has 0 saturated heterocycles. The van der Waals surface area contributed by atoms with Crippen molar-refractivity contribution < 1.29 is 13.5 Å². The van der Waals surface area contributed by atoms with Gasteiger partial charge in [-0.05, 0) is 40.2 Å². The maximum atomic E-state index is 13.6. The van der Waals surface area contributed by atoms with E-state index >= 15 is 0 Å². The number of nitrogens with two attached hydrogens (primary N) is 1. The van der Waals surface area contributed by atoms with Crippen LogP contribution in [-0.2, 0) is 0 Å². The summed E-state index contributed by atoms with van der Waals surface area (Å²) in [6, 6.07) is 6.18. The molecule has 0 radical (unpaired) electrons. The Morgan fingerprint density at radius 1 is 1.17 bits per heavy atom. The van der Waals surface area contributed by atoms with E-state index in [0.717, 1.165) is 6.07 Å². The summed E-state index contributed by atoms with van der Waals surface area (Å²) < 4.78 is 32.4. The lowest BCUT2D eigenvalue weighted by Gasteiger charge is -2.11. The van der Waals surface area contributed by atoms with Crippen molar-refractivity contribution in [1.29, 1.82) is 0 Å². The van der Waals surface area contributed by atoms with Gasteiger partial charge in [0.05, 0.1) is 10.7 Å². The average molecular weight is 335 g/mol. The largest absolute Gasteiger partial charge is 0.450 e. The quantitative estimate of drug-likeness (QED) is 0.804. The van der Waals surface area contributed by atoms with Gasteiger partial charge in [0, 0.05) is 10.5 Å². The predicted molar refractivity (Wildman–Crippen MR) is 70.0 cm³/mol. The lowest BCUT2D eigenvalue weighted by molar-refractivity contribution is 0.441. The Bertz CT molecular complexity index is 607. The molecule has 0 saturated carbocycles. The van der Waals surface area contributed by atoms with Gasteiger partial charge in [-0.1, -0.05) is 11.6 Å². The van der Waals surface area contributed by atoms with Crippen molar-refractivity contribution in [1.82, 2.24) is 0 Å². The summed E-state index contributed by atoms with van der Waals surface area (Å²) in [4.78, 5) is 0. The van der Waals surface area contributed by atoms with E-state index < -0.39 is 11.6 Å². The Labute approximate surface area is 115 Å². The van der Waals surface area contributed by atoms with Crippen LogP contribution in [0, 0.1) is 11.6 Å². The average Bonchev–Trinajstić information content (AvgIpc) is 2.34. The zero-order valence-electron chi connectivity index (χ0n) is 8.88. The number of hydrogen-bond donors (Lipinski definition) is 1. The second-order valence-electron chi connectivity index (χ2n) is 3.45. The fourth-order valence-electron chi connectivity index (χ4n) is 1.32. The van der Waals surface area contributed by atoms with E-state index in [9.17, 15) is 8.78 Å². The Morgan fingerprint density at radius 3 is 2.61 bits per heavy atom. The molecule has 94 valence electrons. The van der Waals surface area contributed by atoms with Crippen LogP contribution in [0.15, 0.2) is 34.8 Å². The van der Waals surface area contributed by atoms with E-state index in [0.29, 0.717) is 4.47 Å². The number of rotatable bonds is 2. The standard InChI is InChI=1S/C12H7BrClF2NO/c13-7-2-4-9(16)12(11(7)17)18-10-5-6(15)1-3-8(10)14/h1-5H,17H2. The highest BCUT2D eigenvalue weighted by Crippen LogP contribution is 2.38. The number of hydrogen-bond acceptors (Lipinski definition) is 2. The summed E-state index contributed by atoms with van der Waals surface area (Å²) in [6.45, 7) is 0. The topological polar surface area (TPSA) is 35.2 Å². The molecule has 0 spiro atoms. The molecule has 2 aromatic rings. The van der Waals surface area contributed by atoms with E-state index in [2.05, 4.69) is 15.9 Å². The Kier molecular flexibility index (Phi) is 3.73. The first-order valence-corrected chi connectivity index (χ1v) is 6.02. The van der Waals surface area contributed by atoms with Gasteiger partial charge >= 0.3 is 0 Å². The van der Waals surface area contributed by atoms with Gasteiger partial charge in [-0.3, -0.25) is 0 Å². The third kappa shape index (κ3) is 2.57. The van der Waals surface area contributed by atoms with E-state index in [1.54, 1.807) is 0 Å². The van der Waals surface area contributed by atoms with E-state index in [-0.39, 0.29) is 22.2 Å². The maximum absolute atomic E-state index is 13.6. The molecule has 0 unspecified atom stereocenters. The third-order valence-electron chi connectivity index (χ3n) is 2.20. The molecule has 0 fully saturated rings. The van der Waals surface area contributed by atoms with Crippen molar-refractivity contribution in [3.05, 3.63) is 51.5 Å².